The van der Waals surface area contributed by atoms with Gasteiger partial charge in [0, 0.05) is 27.1 Å². The second-order valence-electron chi connectivity index (χ2n) is 10.1. The van der Waals surface area contributed by atoms with Crippen molar-refractivity contribution in [3.05, 3.63) is 123 Å². The molecular weight excluding hydrogens is 632 g/mol. The van der Waals surface area contributed by atoms with E-state index >= 15 is 0 Å². The number of nitrogens with two attached hydrogens (primary N) is 1. The molecule has 0 aliphatic heterocycles. The summed E-state index contributed by atoms with van der Waals surface area (Å²) in [6.45, 7) is 0. The van der Waals surface area contributed by atoms with Gasteiger partial charge in [-0.05, 0) is 101 Å². The highest BCUT2D eigenvalue weighted by Gasteiger charge is 2.31. The van der Waals surface area contributed by atoms with Crippen LogP contribution in [0.3, 0.4) is 0 Å². The highest BCUT2D eigenvalue weighted by Crippen LogP contribution is 2.43. The van der Waals surface area contributed by atoms with E-state index < -0.39 is 17.6 Å². The van der Waals surface area contributed by atoms with Gasteiger partial charge in [0.2, 0.25) is 0 Å². The number of alkyl halides is 3. The van der Waals surface area contributed by atoms with Crippen LogP contribution in [0.5, 0.6) is 5.75 Å². The summed E-state index contributed by atoms with van der Waals surface area (Å²) in [7, 11) is 1.55. The number of nitrogen functional groups attached to an aromatic ring is 1. The first-order valence-corrected chi connectivity index (χ1v) is 15.5. The molecule has 3 N–H and O–H groups in total. The van der Waals surface area contributed by atoms with Crippen molar-refractivity contribution in [1.29, 1.82) is 0 Å². The molecule has 0 saturated carbocycles. The summed E-state index contributed by atoms with van der Waals surface area (Å²) in [6.07, 6.45) is -1.31. The van der Waals surface area contributed by atoms with Crippen LogP contribution in [-0.2, 0) is 6.18 Å². The summed E-state index contributed by atoms with van der Waals surface area (Å²) in [4.78, 5) is 32.3. The third-order valence-electron chi connectivity index (χ3n) is 7.16. The summed E-state index contributed by atoms with van der Waals surface area (Å²) in [6, 6.07) is 24.0. The normalized spacial score (nSPS) is 11.7. The molecule has 3 aromatic carbocycles. The van der Waals surface area contributed by atoms with Gasteiger partial charge in [-0.25, -0.2) is 4.98 Å². The van der Waals surface area contributed by atoms with Gasteiger partial charge in [0.15, 0.2) is 5.78 Å². The Bertz CT molecular complexity index is 2080. The van der Waals surface area contributed by atoms with Crippen molar-refractivity contribution in [2.75, 3.05) is 18.2 Å². The molecule has 0 bridgehead atoms. The zero-order chi connectivity index (χ0) is 32.4. The number of pyridine rings is 1. The van der Waals surface area contributed by atoms with Crippen molar-refractivity contribution in [3.63, 3.8) is 0 Å². The Hall–Kier alpha value is -5.26. The van der Waals surface area contributed by atoms with E-state index in [4.69, 9.17) is 15.5 Å². The molecule has 0 spiro atoms. The van der Waals surface area contributed by atoms with Crippen molar-refractivity contribution in [2.45, 2.75) is 6.18 Å². The smallest absolute Gasteiger partial charge is 0.416 e. The molecule has 11 heteroatoms. The number of benzene rings is 3. The number of aromatic nitrogens is 1. The number of rotatable bonds is 8. The molecule has 1 amide bonds. The van der Waals surface area contributed by atoms with Gasteiger partial charge in [-0.1, -0.05) is 18.2 Å². The third kappa shape index (κ3) is 6.42. The van der Waals surface area contributed by atoms with Crippen LogP contribution in [0, 0.1) is 0 Å². The van der Waals surface area contributed by atoms with Gasteiger partial charge in [0.25, 0.3) is 5.91 Å². The number of nitrogens with zero attached hydrogens (tertiary/aromatic N) is 1. The van der Waals surface area contributed by atoms with Crippen LogP contribution in [0.4, 0.5) is 24.5 Å². The molecule has 230 valence electrons. The van der Waals surface area contributed by atoms with Crippen LogP contribution in [0.15, 0.2) is 102 Å². The van der Waals surface area contributed by atoms with Crippen LogP contribution in [0.1, 0.15) is 30.5 Å². The fourth-order valence-electron chi connectivity index (χ4n) is 4.84. The maximum atomic E-state index is 13.7. The van der Waals surface area contributed by atoms with Crippen LogP contribution in [0.25, 0.3) is 38.7 Å². The number of hydrogen-bond acceptors (Lipinski definition) is 7. The minimum absolute atomic E-state index is 0.101. The molecule has 0 aliphatic carbocycles. The number of methoxy groups -OCH3 is 1. The van der Waals surface area contributed by atoms with E-state index in [0.717, 1.165) is 28.3 Å². The number of hydrogen-bond donors (Lipinski definition) is 2. The number of carbonyl (C=O) groups is 2. The van der Waals surface area contributed by atoms with Crippen molar-refractivity contribution in [2.24, 2.45) is 0 Å². The van der Waals surface area contributed by atoms with Crippen molar-refractivity contribution in [3.8, 4) is 28.1 Å². The Morgan fingerprint density at radius 2 is 1.70 bits per heavy atom. The Kier molecular flexibility index (Phi) is 8.44. The number of amides is 1. The lowest BCUT2D eigenvalue weighted by atomic mass is 9.98. The zero-order valence-corrected chi connectivity index (χ0v) is 25.7. The summed E-state index contributed by atoms with van der Waals surface area (Å²) in [5.74, 6) is -0.0615. The number of carbonyl (C=O) groups excluding carboxylic acids is 2. The summed E-state index contributed by atoms with van der Waals surface area (Å²) < 4.78 is 46.2. The van der Waals surface area contributed by atoms with Crippen molar-refractivity contribution < 1.29 is 27.5 Å². The van der Waals surface area contributed by atoms with Crippen LogP contribution in [-0.4, -0.2) is 23.8 Å². The highest BCUT2D eigenvalue weighted by atomic mass is 32.1. The van der Waals surface area contributed by atoms with Gasteiger partial charge in [0.1, 0.15) is 15.5 Å². The van der Waals surface area contributed by atoms with Gasteiger partial charge in [-0.2, -0.15) is 13.2 Å². The maximum Gasteiger partial charge on any atom is 0.416 e. The topological polar surface area (TPSA) is 94.3 Å². The first-order valence-electron chi connectivity index (χ1n) is 13.8. The summed E-state index contributed by atoms with van der Waals surface area (Å²) >= 11 is 2.56. The minimum atomic E-state index is -4.55. The largest absolute Gasteiger partial charge is 0.497 e. The molecule has 0 saturated heterocycles. The zero-order valence-electron chi connectivity index (χ0n) is 24.1. The van der Waals surface area contributed by atoms with E-state index in [1.54, 1.807) is 73.8 Å². The number of ketones is 1. The Balaban J connectivity index is 1.35. The van der Waals surface area contributed by atoms with Crippen molar-refractivity contribution >= 4 is 62.0 Å². The number of fused-ring (bicyclic) bond motifs is 1. The molecule has 6 nitrogen and oxygen atoms in total. The minimum Gasteiger partial charge on any atom is -0.497 e. The van der Waals surface area contributed by atoms with E-state index in [1.807, 2.05) is 17.5 Å². The van der Waals surface area contributed by atoms with Crippen LogP contribution < -0.4 is 15.8 Å². The van der Waals surface area contributed by atoms with E-state index in [-0.39, 0.29) is 21.9 Å². The first kappa shape index (κ1) is 30.8. The van der Waals surface area contributed by atoms with Crippen LogP contribution in [0.2, 0.25) is 0 Å². The van der Waals surface area contributed by atoms with Gasteiger partial charge in [-0.3, -0.25) is 9.59 Å². The average molecular weight is 656 g/mol. The lowest BCUT2D eigenvalue weighted by molar-refractivity contribution is -0.137. The summed E-state index contributed by atoms with van der Waals surface area (Å²) in [5, 5.41) is 5.10. The number of thiophene rings is 2. The van der Waals surface area contributed by atoms with Crippen LogP contribution >= 0.6 is 22.7 Å². The van der Waals surface area contributed by atoms with E-state index in [0.29, 0.717) is 44.0 Å². The average Bonchev–Trinajstić information content (AvgIpc) is 3.71. The van der Waals surface area contributed by atoms with Gasteiger partial charge in [0.05, 0.1) is 24.1 Å². The molecule has 0 aliphatic rings. The number of allylic oxidation sites excluding steroid dienone is 1. The maximum absolute atomic E-state index is 13.7. The van der Waals surface area contributed by atoms with E-state index in [9.17, 15) is 22.8 Å². The monoisotopic (exact) mass is 655 g/mol. The molecule has 46 heavy (non-hydrogen) atoms. The third-order valence-corrected chi connectivity index (χ3v) is 9.10. The van der Waals surface area contributed by atoms with E-state index in [2.05, 4.69) is 5.32 Å². The van der Waals surface area contributed by atoms with Gasteiger partial charge in [-0.15, -0.1) is 22.7 Å². The molecule has 6 aromatic rings. The van der Waals surface area contributed by atoms with Gasteiger partial charge < -0.3 is 15.8 Å². The Morgan fingerprint density at radius 3 is 2.37 bits per heavy atom. The fourth-order valence-corrected chi connectivity index (χ4v) is 6.47. The lowest BCUT2D eigenvalue weighted by Gasteiger charge is -2.12. The fraction of sp³-hybridized carbons (Fsp3) is 0.0571. The number of halogens is 3. The quantitative estimate of drug-likeness (QED) is 0.126. The predicted octanol–water partition coefficient (Wildman–Crippen LogP) is 9.45. The van der Waals surface area contributed by atoms with E-state index in [1.165, 1.54) is 23.5 Å². The molecule has 0 unspecified atom stereocenters. The number of nitrogens with one attached hydrogen (secondary N) is 1. The second kappa shape index (κ2) is 12.6. The molecule has 6 rings (SSSR count). The summed E-state index contributed by atoms with van der Waals surface area (Å²) in [5.41, 5.74) is 8.60. The molecule has 3 aromatic heterocycles. The molecule has 0 fully saturated rings. The molecule has 0 atom stereocenters. The number of ether oxygens (including phenoxy) is 1. The standard InChI is InChI=1S/C35H24F3N3O3S2/c1-44-25-13-9-20(10-14-25)28-19-27(22-4-2-5-23(18-22)35(36,37)38)30-31(39)32(46-34(30)41-28)33(43)40-24-11-7-21(8-12-24)29(42)16-15-26-6-3-17-45-26/h2-19H,39H2,1H3,(H,40,43). The predicted molar refractivity (Wildman–Crippen MR) is 179 cm³/mol. The highest BCUT2D eigenvalue weighted by molar-refractivity contribution is 7.21. The van der Waals surface area contributed by atoms with Crippen molar-refractivity contribution in [1.82, 2.24) is 4.98 Å². The number of anilines is 2. The first-order chi connectivity index (χ1) is 22.1. The van der Waals surface area contributed by atoms with Gasteiger partial charge >= 0.3 is 6.18 Å². The Labute approximate surface area is 269 Å². The SMILES string of the molecule is COc1ccc(-c2cc(-c3cccc(C(F)(F)F)c3)c3c(N)c(C(=O)Nc4ccc(C(=O)C=Cc5cccs5)cc4)sc3n2)cc1. The second-order valence-corrected chi connectivity index (χ2v) is 12.1. The molecule has 0 radical (unpaired) electrons. The molecular formula is C35H24F3N3O3S2. The molecule has 3 heterocycles. The lowest BCUT2D eigenvalue weighted by Crippen LogP contribution is -2.12. The Morgan fingerprint density at radius 1 is 0.935 bits per heavy atom.